The van der Waals surface area contributed by atoms with Crippen LogP contribution in [0.1, 0.15) is 12.8 Å². The number of rotatable bonds is 3. The highest BCUT2D eigenvalue weighted by Gasteiger charge is 2.35. The molecule has 23 heavy (non-hydrogen) atoms. The van der Waals surface area contributed by atoms with E-state index in [4.69, 9.17) is 15.2 Å². The number of fused-ring (bicyclic) bond motifs is 2. The highest BCUT2D eigenvalue weighted by molar-refractivity contribution is 5.90. The number of carbonyl (C=O) groups excluding carboxylic acids is 1. The van der Waals surface area contributed by atoms with E-state index >= 15 is 0 Å². The van der Waals surface area contributed by atoms with Gasteiger partial charge in [-0.1, -0.05) is 0 Å². The molecule has 3 aliphatic heterocycles. The van der Waals surface area contributed by atoms with E-state index in [-0.39, 0.29) is 30.7 Å². The number of amides is 1. The highest BCUT2D eigenvalue weighted by Crippen LogP contribution is 2.33. The zero-order valence-corrected chi connectivity index (χ0v) is 12.8. The van der Waals surface area contributed by atoms with Gasteiger partial charge in [0.1, 0.15) is 11.9 Å². The molecule has 3 saturated heterocycles. The number of hydrogen-bond acceptors (Lipinski definition) is 5. The summed E-state index contributed by atoms with van der Waals surface area (Å²) < 4.78 is 25.5. The molecule has 124 valence electrons. The van der Waals surface area contributed by atoms with Gasteiger partial charge in [-0.3, -0.25) is 4.90 Å². The summed E-state index contributed by atoms with van der Waals surface area (Å²) in [7, 11) is 0. The van der Waals surface area contributed by atoms with Crippen LogP contribution < -0.4 is 15.5 Å². The molecule has 7 heteroatoms. The Balaban J connectivity index is 1.54. The molecular formula is C16H20FN3O3. The molecule has 1 aromatic carbocycles. The lowest BCUT2D eigenvalue weighted by atomic mass is 10.2. The van der Waals surface area contributed by atoms with Gasteiger partial charge in [0.25, 0.3) is 0 Å². The van der Waals surface area contributed by atoms with Crippen molar-refractivity contribution in [3.63, 3.8) is 0 Å². The number of morpholine rings is 1. The monoisotopic (exact) mass is 321 g/mol. The average molecular weight is 321 g/mol. The zero-order chi connectivity index (χ0) is 16.0. The van der Waals surface area contributed by atoms with Crippen LogP contribution in [0.4, 0.5) is 20.6 Å². The van der Waals surface area contributed by atoms with Crippen molar-refractivity contribution in [2.24, 2.45) is 5.73 Å². The van der Waals surface area contributed by atoms with Crippen molar-refractivity contribution < 1.29 is 18.7 Å². The third-order valence-corrected chi connectivity index (χ3v) is 4.76. The lowest BCUT2D eigenvalue weighted by Crippen LogP contribution is -2.43. The van der Waals surface area contributed by atoms with E-state index in [0.29, 0.717) is 31.0 Å². The van der Waals surface area contributed by atoms with Gasteiger partial charge in [0.2, 0.25) is 0 Å². The molecule has 1 amide bonds. The Kier molecular flexibility index (Phi) is 3.61. The van der Waals surface area contributed by atoms with Crippen LogP contribution in [0.15, 0.2) is 18.2 Å². The lowest BCUT2D eigenvalue weighted by molar-refractivity contribution is 0.0303. The molecule has 0 radical (unpaired) electrons. The number of anilines is 2. The van der Waals surface area contributed by atoms with Crippen LogP contribution in [-0.4, -0.2) is 50.6 Å². The first-order valence-electron chi connectivity index (χ1n) is 8.02. The summed E-state index contributed by atoms with van der Waals surface area (Å²) in [6.45, 7) is 2.05. The molecular weight excluding hydrogens is 301 g/mol. The SMILES string of the molecule is NCC1CN(c2ccc(N3CC4CCC(C3)O4)c(F)c2)C(=O)O1. The van der Waals surface area contributed by atoms with Crippen molar-refractivity contribution in [1.82, 2.24) is 0 Å². The Bertz CT molecular complexity index is 615. The van der Waals surface area contributed by atoms with Crippen molar-refractivity contribution in [2.45, 2.75) is 31.2 Å². The summed E-state index contributed by atoms with van der Waals surface area (Å²) in [6.07, 6.45) is 1.68. The Morgan fingerprint density at radius 2 is 1.96 bits per heavy atom. The lowest BCUT2D eigenvalue weighted by Gasteiger charge is -2.34. The molecule has 3 unspecified atom stereocenters. The van der Waals surface area contributed by atoms with Crippen molar-refractivity contribution in [3.05, 3.63) is 24.0 Å². The topological polar surface area (TPSA) is 68.0 Å². The fraction of sp³-hybridized carbons (Fsp3) is 0.562. The van der Waals surface area contributed by atoms with Crippen LogP contribution in [0.3, 0.4) is 0 Å². The minimum absolute atomic E-state index is 0.201. The van der Waals surface area contributed by atoms with E-state index in [0.717, 1.165) is 12.8 Å². The van der Waals surface area contributed by atoms with Crippen LogP contribution in [0.5, 0.6) is 0 Å². The molecule has 3 atom stereocenters. The van der Waals surface area contributed by atoms with Gasteiger partial charge < -0.3 is 20.1 Å². The van der Waals surface area contributed by atoms with Gasteiger partial charge in [-0.05, 0) is 31.0 Å². The van der Waals surface area contributed by atoms with Crippen LogP contribution in [0, 0.1) is 5.82 Å². The molecule has 2 bridgehead atoms. The largest absolute Gasteiger partial charge is 0.443 e. The van der Waals surface area contributed by atoms with Gasteiger partial charge in [0.05, 0.1) is 30.1 Å². The molecule has 2 N–H and O–H groups in total. The van der Waals surface area contributed by atoms with Gasteiger partial charge >= 0.3 is 6.09 Å². The molecule has 0 aliphatic carbocycles. The summed E-state index contributed by atoms with van der Waals surface area (Å²) >= 11 is 0. The van der Waals surface area contributed by atoms with Crippen LogP contribution in [0.25, 0.3) is 0 Å². The Labute approximate surface area is 133 Å². The van der Waals surface area contributed by atoms with Gasteiger partial charge in [-0.15, -0.1) is 0 Å². The summed E-state index contributed by atoms with van der Waals surface area (Å²) in [5, 5.41) is 0. The number of ether oxygens (including phenoxy) is 2. The predicted molar refractivity (Wildman–Crippen MR) is 83.2 cm³/mol. The molecule has 3 heterocycles. The maximum Gasteiger partial charge on any atom is 0.414 e. The number of nitrogens with zero attached hydrogens (tertiary/aromatic N) is 2. The minimum Gasteiger partial charge on any atom is -0.443 e. The smallest absolute Gasteiger partial charge is 0.414 e. The van der Waals surface area contributed by atoms with E-state index in [9.17, 15) is 9.18 Å². The van der Waals surface area contributed by atoms with Crippen LogP contribution in [0.2, 0.25) is 0 Å². The van der Waals surface area contributed by atoms with Crippen molar-refractivity contribution >= 4 is 17.5 Å². The predicted octanol–water partition coefficient (Wildman–Crippen LogP) is 1.48. The molecule has 6 nitrogen and oxygen atoms in total. The van der Waals surface area contributed by atoms with Crippen molar-refractivity contribution in [3.8, 4) is 0 Å². The van der Waals surface area contributed by atoms with Gasteiger partial charge in [0.15, 0.2) is 0 Å². The first-order valence-corrected chi connectivity index (χ1v) is 8.02. The molecule has 0 saturated carbocycles. The van der Waals surface area contributed by atoms with E-state index in [1.807, 2.05) is 4.90 Å². The third-order valence-electron chi connectivity index (χ3n) is 4.76. The normalized spacial score (nSPS) is 30.0. The number of benzene rings is 1. The fourth-order valence-corrected chi connectivity index (χ4v) is 3.59. The molecule has 3 aliphatic rings. The number of halogens is 1. The van der Waals surface area contributed by atoms with Gasteiger partial charge in [-0.25, -0.2) is 9.18 Å². The first kappa shape index (κ1) is 14.7. The van der Waals surface area contributed by atoms with Gasteiger partial charge in [0, 0.05) is 19.6 Å². The van der Waals surface area contributed by atoms with Crippen LogP contribution in [-0.2, 0) is 9.47 Å². The summed E-state index contributed by atoms with van der Waals surface area (Å²) in [6, 6.07) is 4.89. The van der Waals surface area contributed by atoms with Gasteiger partial charge in [-0.2, -0.15) is 0 Å². The Hall–Kier alpha value is -1.86. The fourth-order valence-electron chi connectivity index (χ4n) is 3.59. The first-order chi connectivity index (χ1) is 11.1. The zero-order valence-electron chi connectivity index (χ0n) is 12.8. The Morgan fingerprint density at radius 3 is 2.57 bits per heavy atom. The second kappa shape index (κ2) is 5.65. The quantitative estimate of drug-likeness (QED) is 0.913. The average Bonchev–Trinajstić information content (AvgIpc) is 3.09. The standard InChI is InChI=1S/C16H20FN3O3/c17-14-5-10(20-9-13(6-18)23-16(20)21)1-4-15(14)19-7-11-2-3-12(8-19)22-11/h1,4-5,11-13H,2-3,6-9,18H2. The molecule has 0 aromatic heterocycles. The highest BCUT2D eigenvalue weighted by atomic mass is 19.1. The maximum atomic E-state index is 14.6. The maximum absolute atomic E-state index is 14.6. The molecule has 0 spiro atoms. The third kappa shape index (κ3) is 2.64. The van der Waals surface area contributed by atoms with Crippen LogP contribution >= 0.6 is 0 Å². The summed E-state index contributed by atoms with van der Waals surface area (Å²) in [5.41, 5.74) is 6.59. The number of nitrogens with two attached hydrogens (primary N) is 1. The van der Waals surface area contributed by atoms with E-state index in [2.05, 4.69) is 0 Å². The van der Waals surface area contributed by atoms with E-state index in [1.165, 1.54) is 11.0 Å². The summed E-state index contributed by atoms with van der Waals surface area (Å²) in [4.78, 5) is 15.3. The van der Waals surface area contributed by atoms with Crippen molar-refractivity contribution in [1.29, 1.82) is 0 Å². The summed E-state index contributed by atoms with van der Waals surface area (Å²) in [5.74, 6) is -0.326. The number of cyclic esters (lactones) is 1. The molecule has 1 aromatic rings. The van der Waals surface area contributed by atoms with E-state index in [1.54, 1.807) is 12.1 Å². The second-order valence-electron chi connectivity index (χ2n) is 6.35. The minimum atomic E-state index is -0.475. The number of hydrogen-bond donors (Lipinski definition) is 1. The number of carbonyl (C=O) groups is 1. The molecule has 3 fully saturated rings. The second-order valence-corrected chi connectivity index (χ2v) is 6.35. The Morgan fingerprint density at radius 1 is 1.22 bits per heavy atom. The molecule has 4 rings (SSSR count). The van der Waals surface area contributed by atoms with E-state index < -0.39 is 6.09 Å². The van der Waals surface area contributed by atoms with Crippen molar-refractivity contribution in [2.75, 3.05) is 36.0 Å².